The van der Waals surface area contributed by atoms with Crippen LogP contribution in [0.2, 0.25) is 0 Å². The highest BCUT2D eigenvalue weighted by molar-refractivity contribution is 7.91. The fraction of sp³-hybridized carbons (Fsp3) is 0.333. The van der Waals surface area contributed by atoms with Crippen LogP contribution in [-0.4, -0.2) is 53.9 Å². The third kappa shape index (κ3) is 6.02. The number of anilines is 1. The summed E-state index contributed by atoms with van der Waals surface area (Å²) in [7, 11) is 1.95. The van der Waals surface area contributed by atoms with Crippen molar-refractivity contribution in [3.05, 3.63) is 82.9 Å². The minimum Gasteiger partial charge on any atom is -0.406 e. The number of rotatable bonds is 6. The number of likely N-dealkylation sites (N-methyl/N-ethyl adjacent to an activating group) is 1. The van der Waals surface area contributed by atoms with E-state index in [0.29, 0.717) is 17.7 Å². The van der Waals surface area contributed by atoms with Gasteiger partial charge in [0.2, 0.25) is 9.84 Å². The molecule has 0 fully saturated rings. The molecule has 0 amide bonds. The van der Waals surface area contributed by atoms with Gasteiger partial charge in [-0.3, -0.25) is 0 Å². The number of ether oxygens (including phenoxy) is 1. The van der Waals surface area contributed by atoms with Crippen molar-refractivity contribution < 1.29 is 26.3 Å². The maximum atomic E-state index is 13.7. The molecule has 36 heavy (non-hydrogen) atoms. The van der Waals surface area contributed by atoms with Crippen LogP contribution in [0.15, 0.2) is 70.5 Å². The molecule has 0 N–H and O–H groups in total. The highest BCUT2D eigenvalue weighted by Crippen LogP contribution is 2.34. The first-order valence-corrected chi connectivity index (χ1v) is 13.1. The number of hydrogen-bond acceptors (Lipinski definition) is 5. The predicted octanol–water partition coefficient (Wildman–Crippen LogP) is 5.11. The Bertz CT molecular complexity index is 1340. The standard InChI is InChI=1S/C27H29F3N2O3S/c1-31(2)25-17-21-11-13-32(3)14-12-22(21)18-26(25)36(33,34)24-9-7-19(8-10-24)15-20-5-4-6-23(16-20)35-27(28,29)30/h4-10,16-18H,11-15H2,1-3H3. The van der Waals surface area contributed by atoms with Crippen molar-refractivity contribution in [3.8, 4) is 5.75 Å². The molecule has 0 atom stereocenters. The SMILES string of the molecule is CN1CCc2cc(N(C)C)c(S(=O)(=O)c3ccc(Cc4cccc(OC(F)(F)F)c4)cc3)cc2CC1. The van der Waals surface area contributed by atoms with Crippen molar-refractivity contribution in [1.29, 1.82) is 0 Å². The van der Waals surface area contributed by atoms with E-state index in [1.807, 2.05) is 31.1 Å². The van der Waals surface area contributed by atoms with Crippen molar-refractivity contribution in [2.45, 2.75) is 35.4 Å². The Hall–Kier alpha value is -3.04. The molecule has 3 aromatic carbocycles. The summed E-state index contributed by atoms with van der Waals surface area (Å²) in [5.74, 6) is -0.287. The number of sulfone groups is 1. The van der Waals surface area contributed by atoms with E-state index in [2.05, 4.69) is 16.7 Å². The van der Waals surface area contributed by atoms with Crippen LogP contribution in [0.5, 0.6) is 5.75 Å². The Morgan fingerprint density at radius 1 is 0.917 bits per heavy atom. The number of nitrogens with zero attached hydrogens (tertiary/aromatic N) is 2. The lowest BCUT2D eigenvalue weighted by molar-refractivity contribution is -0.274. The van der Waals surface area contributed by atoms with Gasteiger partial charge in [-0.1, -0.05) is 24.3 Å². The monoisotopic (exact) mass is 518 g/mol. The maximum absolute atomic E-state index is 13.7. The molecule has 4 rings (SSSR count). The zero-order chi connectivity index (χ0) is 26.1. The van der Waals surface area contributed by atoms with Crippen LogP contribution in [0.3, 0.4) is 0 Å². The Kier molecular flexibility index (Phi) is 7.33. The van der Waals surface area contributed by atoms with Crippen LogP contribution in [0.1, 0.15) is 22.3 Å². The first-order chi connectivity index (χ1) is 16.9. The summed E-state index contributed by atoms with van der Waals surface area (Å²) >= 11 is 0. The van der Waals surface area contributed by atoms with E-state index in [-0.39, 0.29) is 15.5 Å². The second-order valence-corrected chi connectivity index (χ2v) is 11.2. The average Bonchev–Trinajstić information content (AvgIpc) is 2.99. The molecule has 0 spiro atoms. The fourth-order valence-electron chi connectivity index (χ4n) is 4.42. The van der Waals surface area contributed by atoms with Gasteiger partial charge >= 0.3 is 6.36 Å². The van der Waals surface area contributed by atoms with Gasteiger partial charge in [0.25, 0.3) is 0 Å². The predicted molar refractivity (Wildman–Crippen MR) is 133 cm³/mol. The Balaban J connectivity index is 1.61. The zero-order valence-electron chi connectivity index (χ0n) is 20.5. The van der Waals surface area contributed by atoms with Gasteiger partial charge in [0.05, 0.1) is 15.5 Å². The van der Waals surface area contributed by atoms with Crippen LogP contribution in [0.4, 0.5) is 18.9 Å². The van der Waals surface area contributed by atoms with Gasteiger partial charge in [0.15, 0.2) is 0 Å². The lowest BCUT2D eigenvalue weighted by Crippen LogP contribution is -2.20. The molecule has 0 saturated heterocycles. The lowest BCUT2D eigenvalue weighted by Gasteiger charge is -2.21. The van der Waals surface area contributed by atoms with Gasteiger partial charge in [-0.15, -0.1) is 13.2 Å². The molecule has 1 aliphatic rings. The second-order valence-electron chi connectivity index (χ2n) is 9.31. The summed E-state index contributed by atoms with van der Waals surface area (Å²) in [4.78, 5) is 4.52. The minimum absolute atomic E-state index is 0.175. The van der Waals surface area contributed by atoms with E-state index in [1.165, 1.54) is 23.8 Å². The molecule has 1 heterocycles. The van der Waals surface area contributed by atoms with Gasteiger partial charge < -0.3 is 14.5 Å². The largest absolute Gasteiger partial charge is 0.573 e. The molecule has 0 radical (unpaired) electrons. The number of halogens is 3. The van der Waals surface area contributed by atoms with Crippen LogP contribution >= 0.6 is 0 Å². The highest BCUT2D eigenvalue weighted by atomic mass is 32.2. The minimum atomic E-state index is -4.76. The lowest BCUT2D eigenvalue weighted by atomic mass is 10.0. The molecule has 192 valence electrons. The van der Waals surface area contributed by atoms with E-state index in [9.17, 15) is 21.6 Å². The van der Waals surface area contributed by atoms with Gasteiger partial charge in [0, 0.05) is 27.2 Å². The normalized spacial score (nSPS) is 14.7. The van der Waals surface area contributed by atoms with E-state index >= 15 is 0 Å². The molecular weight excluding hydrogens is 489 g/mol. The Labute approximate surface area is 210 Å². The van der Waals surface area contributed by atoms with Crippen LogP contribution in [0.25, 0.3) is 0 Å². The average molecular weight is 519 g/mol. The van der Waals surface area contributed by atoms with Crippen molar-refractivity contribution in [2.24, 2.45) is 0 Å². The van der Waals surface area contributed by atoms with E-state index in [0.717, 1.165) is 37.1 Å². The topological polar surface area (TPSA) is 49.9 Å². The number of benzene rings is 3. The summed E-state index contributed by atoms with van der Waals surface area (Å²) in [6.45, 7) is 1.80. The third-order valence-corrected chi connectivity index (χ3v) is 8.15. The number of alkyl halides is 3. The quantitative estimate of drug-likeness (QED) is 0.454. The Morgan fingerprint density at radius 2 is 1.56 bits per heavy atom. The molecule has 1 aliphatic heterocycles. The summed E-state index contributed by atoms with van der Waals surface area (Å²) in [5, 5.41) is 0. The highest BCUT2D eigenvalue weighted by Gasteiger charge is 2.31. The maximum Gasteiger partial charge on any atom is 0.573 e. The van der Waals surface area contributed by atoms with E-state index < -0.39 is 16.2 Å². The van der Waals surface area contributed by atoms with Crippen LogP contribution in [0, 0.1) is 0 Å². The van der Waals surface area contributed by atoms with Crippen LogP contribution < -0.4 is 9.64 Å². The molecule has 0 aromatic heterocycles. The van der Waals surface area contributed by atoms with E-state index in [4.69, 9.17) is 0 Å². The summed E-state index contributed by atoms with van der Waals surface area (Å²) in [6, 6.07) is 16.1. The first-order valence-electron chi connectivity index (χ1n) is 11.6. The van der Waals surface area contributed by atoms with Gasteiger partial charge in [-0.05, 0) is 85.0 Å². The molecule has 3 aromatic rings. The molecule has 5 nitrogen and oxygen atoms in total. The van der Waals surface area contributed by atoms with Gasteiger partial charge in [-0.25, -0.2) is 8.42 Å². The van der Waals surface area contributed by atoms with Gasteiger partial charge in [-0.2, -0.15) is 0 Å². The van der Waals surface area contributed by atoms with Crippen molar-refractivity contribution in [2.75, 3.05) is 39.1 Å². The molecule has 0 aliphatic carbocycles. The molecule has 0 bridgehead atoms. The summed E-state index contributed by atoms with van der Waals surface area (Å²) in [6.07, 6.45) is -2.76. The van der Waals surface area contributed by atoms with E-state index in [1.54, 1.807) is 30.3 Å². The van der Waals surface area contributed by atoms with Gasteiger partial charge in [0.1, 0.15) is 5.75 Å². The van der Waals surface area contributed by atoms with Crippen molar-refractivity contribution >= 4 is 15.5 Å². The smallest absolute Gasteiger partial charge is 0.406 e. The van der Waals surface area contributed by atoms with Crippen molar-refractivity contribution in [1.82, 2.24) is 4.90 Å². The summed E-state index contributed by atoms with van der Waals surface area (Å²) in [5.41, 5.74) is 4.29. The zero-order valence-corrected chi connectivity index (χ0v) is 21.3. The first kappa shape index (κ1) is 26.0. The third-order valence-electron chi connectivity index (χ3n) is 6.35. The molecular formula is C27H29F3N2O3S. The summed E-state index contributed by atoms with van der Waals surface area (Å²) < 4.78 is 68.9. The van der Waals surface area contributed by atoms with Crippen LogP contribution in [-0.2, 0) is 29.1 Å². The van der Waals surface area contributed by atoms with Crippen molar-refractivity contribution in [3.63, 3.8) is 0 Å². The molecule has 0 saturated carbocycles. The molecule has 0 unspecified atom stereocenters. The number of hydrogen-bond donors (Lipinski definition) is 0. The molecule has 9 heteroatoms. The fourth-order valence-corrected chi connectivity index (χ4v) is 5.98. The number of fused-ring (bicyclic) bond motifs is 1. The Morgan fingerprint density at radius 3 is 2.17 bits per heavy atom. The second kappa shape index (κ2) is 10.1.